The third-order valence-electron chi connectivity index (χ3n) is 2.27. The monoisotopic (exact) mass is 216 g/mol. The lowest BCUT2D eigenvalue weighted by Gasteiger charge is -2.02. The molecule has 0 saturated carbocycles. The van der Waals surface area contributed by atoms with Crippen molar-refractivity contribution in [3.05, 3.63) is 59.6 Å². The first-order valence-corrected chi connectivity index (χ1v) is 5.05. The number of benzene rings is 2. The number of halogens is 1. The number of rotatable bonds is 2. The van der Waals surface area contributed by atoms with Gasteiger partial charge in [-0.2, -0.15) is 0 Å². The van der Waals surface area contributed by atoms with E-state index in [-0.39, 0.29) is 5.78 Å². The zero-order chi connectivity index (χ0) is 10.7. The molecule has 0 radical (unpaired) electrons. The van der Waals surface area contributed by atoms with Crippen molar-refractivity contribution in [1.29, 1.82) is 0 Å². The van der Waals surface area contributed by atoms with Crippen LogP contribution in [0.5, 0.6) is 0 Å². The molecule has 0 aromatic heterocycles. The van der Waals surface area contributed by atoms with Crippen LogP contribution in [0, 0.1) is 0 Å². The average Bonchev–Trinajstić information content (AvgIpc) is 2.28. The van der Waals surface area contributed by atoms with Gasteiger partial charge in [0.2, 0.25) is 0 Å². The Morgan fingerprint density at radius 2 is 1.80 bits per heavy atom. The van der Waals surface area contributed by atoms with Crippen LogP contribution in [0.2, 0.25) is 0 Å². The molecule has 0 saturated heterocycles. The van der Waals surface area contributed by atoms with Crippen LogP contribution < -0.4 is 0 Å². The molecule has 0 aliphatic carbocycles. The van der Waals surface area contributed by atoms with E-state index in [1.54, 1.807) is 0 Å². The van der Waals surface area contributed by atoms with Gasteiger partial charge in [0.1, 0.15) is 0 Å². The quantitative estimate of drug-likeness (QED) is 0.552. The molecule has 0 N–H and O–H groups in total. The maximum absolute atomic E-state index is 11.7. The van der Waals surface area contributed by atoms with Gasteiger partial charge in [-0.25, -0.2) is 0 Å². The Hall–Kier alpha value is -1.60. The van der Waals surface area contributed by atoms with Crippen molar-refractivity contribution in [1.82, 2.24) is 0 Å². The van der Waals surface area contributed by atoms with Crippen LogP contribution in [0.4, 0.5) is 0 Å². The van der Waals surface area contributed by atoms with Crippen LogP contribution in [0.25, 0.3) is 10.8 Å². The lowest BCUT2D eigenvalue weighted by atomic mass is 10.0. The van der Waals surface area contributed by atoms with Crippen LogP contribution >= 0.6 is 11.6 Å². The van der Waals surface area contributed by atoms with Crippen molar-refractivity contribution in [3.8, 4) is 0 Å². The fourth-order valence-corrected chi connectivity index (χ4v) is 1.70. The molecule has 0 amide bonds. The van der Waals surface area contributed by atoms with E-state index in [2.05, 4.69) is 0 Å². The molecule has 2 aromatic carbocycles. The average molecular weight is 217 g/mol. The van der Waals surface area contributed by atoms with Gasteiger partial charge in [-0.05, 0) is 16.8 Å². The van der Waals surface area contributed by atoms with Crippen LogP contribution in [0.1, 0.15) is 10.4 Å². The van der Waals surface area contributed by atoms with E-state index in [0.717, 1.165) is 10.8 Å². The maximum Gasteiger partial charge on any atom is 0.187 e. The minimum absolute atomic E-state index is 0.0678. The highest BCUT2D eigenvalue weighted by atomic mass is 35.5. The Morgan fingerprint density at radius 3 is 2.60 bits per heavy atom. The van der Waals surface area contributed by atoms with E-state index in [1.807, 2.05) is 42.5 Å². The van der Waals surface area contributed by atoms with E-state index >= 15 is 0 Å². The fourth-order valence-electron chi connectivity index (χ4n) is 1.59. The second kappa shape index (κ2) is 4.28. The van der Waals surface area contributed by atoms with E-state index in [4.69, 9.17) is 11.6 Å². The SMILES string of the molecule is O=C(/C=C/Cl)c1cccc2ccccc12. The van der Waals surface area contributed by atoms with Gasteiger partial charge in [-0.15, -0.1) is 0 Å². The number of ketones is 1. The van der Waals surface area contributed by atoms with Gasteiger partial charge < -0.3 is 0 Å². The fraction of sp³-hybridized carbons (Fsp3) is 0. The molecule has 2 aromatic rings. The van der Waals surface area contributed by atoms with Crippen molar-refractivity contribution in [2.24, 2.45) is 0 Å². The Kier molecular flexibility index (Phi) is 2.84. The van der Waals surface area contributed by atoms with Gasteiger partial charge in [0, 0.05) is 11.1 Å². The maximum atomic E-state index is 11.7. The molecule has 15 heavy (non-hydrogen) atoms. The summed E-state index contributed by atoms with van der Waals surface area (Å²) in [6.45, 7) is 0. The molecule has 0 heterocycles. The second-order valence-electron chi connectivity index (χ2n) is 3.18. The third-order valence-corrected chi connectivity index (χ3v) is 2.40. The molecule has 0 atom stereocenters. The Balaban J connectivity index is 2.65. The predicted octanol–water partition coefficient (Wildman–Crippen LogP) is 3.78. The van der Waals surface area contributed by atoms with Crippen molar-refractivity contribution in [2.75, 3.05) is 0 Å². The molecular weight excluding hydrogens is 208 g/mol. The van der Waals surface area contributed by atoms with Crippen LogP contribution in [-0.4, -0.2) is 5.78 Å². The molecule has 0 fully saturated rings. The van der Waals surface area contributed by atoms with Gasteiger partial charge >= 0.3 is 0 Å². The largest absolute Gasteiger partial charge is 0.289 e. The number of hydrogen-bond acceptors (Lipinski definition) is 1. The Bertz CT molecular complexity index is 524. The first-order valence-electron chi connectivity index (χ1n) is 4.62. The first kappa shape index (κ1) is 9.94. The summed E-state index contributed by atoms with van der Waals surface area (Å²) < 4.78 is 0. The van der Waals surface area contributed by atoms with E-state index in [9.17, 15) is 4.79 Å². The molecule has 1 nitrogen and oxygen atoms in total. The van der Waals surface area contributed by atoms with Gasteiger partial charge in [-0.3, -0.25) is 4.79 Å². The highest BCUT2D eigenvalue weighted by Crippen LogP contribution is 2.19. The molecule has 0 aliphatic rings. The predicted molar refractivity (Wildman–Crippen MR) is 63.3 cm³/mol. The Morgan fingerprint density at radius 1 is 1.07 bits per heavy atom. The summed E-state index contributed by atoms with van der Waals surface area (Å²) >= 11 is 5.40. The van der Waals surface area contributed by atoms with E-state index < -0.39 is 0 Å². The number of hydrogen-bond donors (Lipinski definition) is 0. The van der Waals surface area contributed by atoms with Crippen LogP contribution in [0.15, 0.2) is 54.1 Å². The summed E-state index contributed by atoms with van der Waals surface area (Å²) in [5.41, 5.74) is 1.93. The number of carbonyl (C=O) groups excluding carboxylic acids is 1. The summed E-state index contributed by atoms with van der Waals surface area (Å²) in [4.78, 5) is 11.7. The zero-order valence-corrected chi connectivity index (χ0v) is 8.74. The van der Waals surface area contributed by atoms with E-state index in [1.165, 1.54) is 11.6 Å². The molecule has 0 bridgehead atoms. The molecule has 0 spiro atoms. The minimum Gasteiger partial charge on any atom is -0.289 e. The molecular formula is C13H9ClO. The molecule has 0 unspecified atom stereocenters. The summed E-state index contributed by atoms with van der Waals surface area (Å²) in [5.74, 6) is -0.0678. The topological polar surface area (TPSA) is 17.1 Å². The van der Waals surface area contributed by atoms with Crippen LogP contribution in [0.3, 0.4) is 0 Å². The normalized spacial score (nSPS) is 11.0. The standard InChI is InChI=1S/C13H9ClO/c14-9-8-13(15)12-7-3-5-10-4-1-2-6-11(10)12/h1-9H/b9-8+. The van der Waals surface area contributed by atoms with Gasteiger partial charge in [0.15, 0.2) is 5.78 Å². The Labute approximate surface area is 93.0 Å². The summed E-state index contributed by atoms with van der Waals surface area (Å²) in [5, 5.41) is 2.02. The van der Waals surface area contributed by atoms with Crippen molar-refractivity contribution >= 4 is 28.2 Å². The number of allylic oxidation sites excluding steroid dienone is 1. The van der Waals surface area contributed by atoms with E-state index in [0.29, 0.717) is 5.56 Å². The molecule has 2 rings (SSSR count). The lowest BCUT2D eigenvalue weighted by Crippen LogP contribution is -1.94. The third kappa shape index (κ3) is 1.92. The summed E-state index contributed by atoms with van der Waals surface area (Å²) in [7, 11) is 0. The second-order valence-corrected chi connectivity index (χ2v) is 3.44. The number of fused-ring (bicyclic) bond motifs is 1. The van der Waals surface area contributed by atoms with Gasteiger partial charge in [0.25, 0.3) is 0 Å². The van der Waals surface area contributed by atoms with Gasteiger partial charge in [0.05, 0.1) is 0 Å². The molecule has 74 valence electrons. The van der Waals surface area contributed by atoms with Crippen molar-refractivity contribution in [2.45, 2.75) is 0 Å². The highest BCUT2D eigenvalue weighted by molar-refractivity contribution is 6.28. The van der Waals surface area contributed by atoms with Crippen molar-refractivity contribution in [3.63, 3.8) is 0 Å². The molecule has 0 aliphatic heterocycles. The minimum atomic E-state index is -0.0678. The smallest absolute Gasteiger partial charge is 0.187 e. The zero-order valence-electron chi connectivity index (χ0n) is 7.98. The summed E-state index contributed by atoms with van der Waals surface area (Å²) in [6.07, 6.45) is 1.36. The van der Waals surface area contributed by atoms with Crippen molar-refractivity contribution < 1.29 is 4.79 Å². The number of carbonyl (C=O) groups is 1. The van der Waals surface area contributed by atoms with Gasteiger partial charge in [-0.1, -0.05) is 54.1 Å². The van der Waals surface area contributed by atoms with Crippen LogP contribution in [-0.2, 0) is 0 Å². The first-order chi connectivity index (χ1) is 7.33. The highest BCUT2D eigenvalue weighted by Gasteiger charge is 2.05. The molecule has 2 heteroatoms. The lowest BCUT2D eigenvalue weighted by molar-refractivity contribution is 0.104. The summed E-state index contributed by atoms with van der Waals surface area (Å²) in [6, 6.07) is 13.5.